The number of hydrogen-bond donors (Lipinski definition) is 1. The monoisotopic (exact) mass is 416 g/mol. The number of nitrogens with one attached hydrogen (secondary N) is 1. The van der Waals surface area contributed by atoms with Gasteiger partial charge < -0.3 is 14.4 Å². The van der Waals surface area contributed by atoms with Crippen LogP contribution in [0.1, 0.15) is 24.8 Å². The molecular weight excluding hydrogens is 392 g/mol. The van der Waals surface area contributed by atoms with Crippen LogP contribution in [0.2, 0.25) is 0 Å². The summed E-state index contributed by atoms with van der Waals surface area (Å²) in [6.45, 7) is 0.606. The number of carbonyl (C=O) groups excluding carboxylic acids is 1. The van der Waals surface area contributed by atoms with Crippen molar-refractivity contribution in [2.24, 2.45) is 5.92 Å². The van der Waals surface area contributed by atoms with Crippen molar-refractivity contribution in [1.82, 2.24) is 0 Å². The van der Waals surface area contributed by atoms with Crippen LogP contribution in [0.3, 0.4) is 0 Å². The molecule has 7 nitrogen and oxygen atoms in total. The summed E-state index contributed by atoms with van der Waals surface area (Å²) in [7, 11) is -0.789. The first-order valence-electron chi connectivity index (χ1n) is 9.61. The molecule has 154 valence electrons. The van der Waals surface area contributed by atoms with E-state index in [-0.39, 0.29) is 16.7 Å². The smallest absolute Gasteiger partial charge is 0.261 e. The molecule has 1 fully saturated rings. The van der Waals surface area contributed by atoms with Crippen molar-refractivity contribution in [3.05, 3.63) is 42.0 Å². The van der Waals surface area contributed by atoms with Crippen LogP contribution >= 0.6 is 0 Å². The maximum atomic E-state index is 12.9. The number of rotatable bonds is 6. The van der Waals surface area contributed by atoms with Gasteiger partial charge in [0.15, 0.2) is 0 Å². The Kier molecular flexibility index (Phi) is 5.12. The molecule has 1 heterocycles. The van der Waals surface area contributed by atoms with Gasteiger partial charge in [0.1, 0.15) is 11.5 Å². The summed E-state index contributed by atoms with van der Waals surface area (Å²) in [4.78, 5) is 14.6. The summed E-state index contributed by atoms with van der Waals surface area (Å²) in [5, 5.41) is 0. The molecular formula is C21H24N2O5S. The third-order valence-electron chi connectivity index (χ3n) is 5.58. The van der Waals surface area contributed by atoms with Crippen molar-refractivity contribution < 1.29 is 22.7 Å². The highest BCUT2D eigenvalue weighted by Crippen LogP contribution is 2.36. The van der Waals surface area contributed by atoms with Crippen molar-refractivity contribution >= 4 is 27.3 Å². The molecule has 1 aliphatic carbocycles. The zero-order valence-corrected chi connectivity index (χ0v) is 17.3. The Hall–Kier alpha value is -2.74. The van der Waals surface area contributed by atoms with Gasteiger partial charge in [-0.1, -0.05) is 6.42 Å². The molecule has 0 unspecified atom stereocenters. The van der Waals surface area contributed by atoms with Gasteiger partial charge in [0.2, 0.25) is 5.91 Å². The zero-order chi connectivity index (χ0) is 20.6. The molecule has 8 heteroatoms. The van der Waals surface area contributed by atoms with Crippen LogP contribution in [-0.4, -0.2) is 35.1 Å². The summed E-state index contributed by atoms with van der Waals surface area (Å²) >= 11 is 0. The number of sulfonamides is 1. The first kappa shape index (κ1) is 19.6. The van der Waals surface area contributed by atoms with Gasteiger partial charge in [-0.25, -0.2) is 8.42 Å². The first-order chi connectivity index (χ1) is 13.9. The normalized spacial score (nSPS) is 16.1. The van der Waals surface area contributed by atoms with Gasteiger partial charge in [-0.3, -0.25) is 9.52 Å². The summed E-state index contributed by atoms with van der Waals surface area (Å²) in [6.07, 6.45) is 3.66. The minimum Gasteiger partial charge on any atom is -0.497 e. The van der Waals surface area contributed by atoms with E-state index in [2.05, 4.69) is 4.72 Å². The highest BCUT2D eigenvalue weighted by Gasteiger charge is 2.33. The number of fused-ring (bicyclic) bond motifs is 1. The minimum absolute atomic E-state index is 0.120. The van der Waals surface area contributed by atoms with Gasteiger partial charge in [-0.2, -0.15) is 0 Å². The lowest BCUT2D eigenvalue weighted by atomic mass is 9.84. The van der Waals surface area contributed by atoms with E-state index in [1.165, 1.54) is 14.2 Å². The van der Waals surface area contributed by atoms with Crippen LogP contribution in [0.5, 0.6) is 11.5 Å². The molecule has 0 saturated heterocycles. The third-order valence-corrected chi connectivity index (χ3v) is 6.96. The van der Waals surface area contributed by atoms with Crippen molar-refractivity contribution in [3.8, 4) is 11.5 Å². The lowest BCUT2D eigenvalue weighted by Gasteiger charge is -2.29. The summed E-state index contributed by atoms with van der Waals surface area (Å²) in [5.74, 6) is 1.25. The molecule has 0 radical (unpaired) electrons. The van der Waals surface area contributed by atoms with Gasteiger partial charge in [0.05, 0.1) is 24.8 Å². The van der Waals surface area contributed by atoms with Crippen LogP contribution in [-0.2, 0) is 21.2 Å². The van der Waals surface area contributed by atoms with E-state index in [0.29, 0.717) is 30.2 Å². The number of nitrogens with zero attached hydrogens (tertiary/aromatic N) is 1. The molecule has 2 aromatic rings. The number of hydrogen-bond acceptors (Lipinski definition) is 5. The number of anilines is 2. The van der Waals surface area contributed by atoms with Crippen LogP contribution in [0.4, 0.5) is 11.4 Å². The average Bonchev–Trinajstić information content (AvgIpc) is 3.09. The van der Waals surface area contributed by atoms with E-state index in [4.69, 9.17) is 9.47 Å². The summed E-state index contributed by atoms with van der Waals surface area (Å²) in [5.41, 5.74) is 2.05. The molecule has 1 aliphatic heterocycles. The maximum Gasteiger partial charge on any atom is 0.261 e. The van der Waals surface area contributed by atoms with E-state index in [0.717, 1.165) is 30.5 Å². The molecule has 29 heavy (non-hydrogen) atoms. The Bertz CT molecular complexity index is 1020. The molecule has 1 N–H and O–H groups in total. The van der Waals surface area contributed by atoms with Gasteiger partial charge in [0.25, 0.3) is 10.0 Å². The number of methoxy groups -OCH3 is 2. The largest absolute Gasteiger partial charge is 0.497 e. The van der Waals surface area contributed by atoms with Crippen molar-refractivity contribution in [3.63, 3.8) is 0 Å². The highest BCUT2D eigenvalue weighted by atomic mass is 32.2. The molecule has 0 aromatic heterocycles. The fourth-order valence-electron chi connectivity index (χ4n) is 3.73. The average molecular weight is 416 g/mol. The van der Waals surface area contributed by atoms with Crippen LogP contribution < -0.4 is 19.1 Å². The Labute approximate surface area is 170 Å². The van der Waals surface area contributed by atoms with E-state index >= 15 is 0 Å². The fourth-order valence-corrected chi connectivity index (χ4v) is 4.82. The van der Waals surface area contributed by atoms with E-state index in [1.807, 2.05) is 0 Å². The fraction of sp³-hybridized carbons (Fsp3) is 0.381. The van der Waals surface area contributed by atoms with Crippen LogP contribution in [0.15, 0.2) is 41.3 Å². The Balaban J connectivity index is 1.58. The Morgan fingerprint density at radius 3 is 2.34 bits per heavy atom. The highest BCUT2D eigenvalue weighted by molar-refractivity contribution is 7.92. The van der Waals surface area contributed by atoms with Gasteiger partial charge in [0, 0.05) is 36.3 Å². The number of carbonyl (C=O) groups is 1. The minimum atomic E-state index is -3.80. The lowest BCUT2D eigenvalue weighted by molar-refractivity contribution is -0.124. The zero-order valence-electron chi connectivity index (χ0n) is 16.5. The number of ether oxygens (including phenoxy) is 2. The maximum absolute atomic E-state index is 12.9. The number of amides is 1. The van der Waals surface area contributed by atoms with Crippen LogP contribution in [0.25, 0.3) is 0 Å². The second-order valence-corrected chi connectivity index (χ2v) is 9.05. The van der Waals surface area contributed by atoms with Gasteiger partial charge in [-0.15, -0.1) is 0 Å². The van der Waals surface area contributed by atoms with Gasteiger partial charge >= 0.3 is 0 Å². The number of benzene rings is 2. The third kappa shape index (κ3) is 3.76. The van der Waals surface area contributed by atoms with Crippen molar-refractivity contribution in [1.29, 1.82) is 0 Å². The van der Waals surface area contributed by atoms with Gasteiger partial charge in [-0.05, 0) is 43.0 Å². The van der Waals surface area contributed by atoms with Crippen molar-refractivity contribution in [2.45, 2.75) is 30.6 Å². The second kappa shape index (κ2) is 7.59. The van der Waals surface area contributed by atoms with E-state index in [9.17, 15) is 13.2 Å². The topological polar surface area (TPSA) is 84.9 Å². The predicted molar refractivity (Wildman–Crippen MR) is 110 cm³/mol. The van der Waals surface area contributed by atoms with E-state index in [1.54, 1.807) is 41.3 Å². The second-order valence-electron chi connectivity index (χ2n) is 7.37. The summed E-state index contributed by atoms with van der Waals surface area (Å²) < 4.78 is 38.8. The molecule has 0 spiro atoms. The molecule has 0 atom stereocenters. The SMILES string of the molecule is COc1cc(NS(=O)(=O)c2ccc3c(c2)CCN3C(=O)C2CCC2)cc(OC)c1. The Morgan fingerprint density at radius 2 is 1.76 bits per heavy atom. The van der Waals surface area contributed by atoms with E-state index < -0.39 is 10.0 Å². The lowest BCUT2D eigenvalue weighted by Crippen LogP contribution is -2.37. The van der Waals surface area contributed by atoms with Crippen LogP contribution in [0, 0.1) is 5.92 Å². The molecule has 1 saturated carbocycles. The molecule has 2 aromatic carbocycles. The predicted octanol–water partition coefficient (Wildman–Crippen LogP) is 3.19. The quantitative estimate of drug-likeness (QED) is 0.782. The van der Waals surface area contributed by atoms with Crippen molar-refractivity contribution in [2.75, 3.05) is 30.4 Å². The standard InChI is InChI=1S/C21H24N2O5S/c1-27-17-11-16(12-18(13-17)28-2)22-29(25,26)19-6-7-20-15(10-19)8-9-23(20)21(24)14-4-3-5-14/h6-7,10-14,22H,3-5,8-9H2,1-2H3. The molecule has 4 rings (SSSR count). The molecule has 1 amide bonds. The molecule has 2 aliphatic rings. The summed E-state index contributed by atoms with van der Waals surface area (Å²) in [6, 6.07) is 9.79. The Morgan fingerprint density at radius 1 is 1.07 bits per heavy atom. The first-order valence-corrected chi connectivity index (χ1v) is 11.1. The molecule has 0 bridgehead atoms.